The second kappa shape index (κ2) is 5.03. The molecule has 5 heteroatoms. The number of rotatable bonds is 2. The van der Waals surface area contributed by atoms with Gasteiger partial charge in [-0.3, -0.25) is 4.79 Å². The summed E-state index contributed by atoms with van der Waals surface area (Å²) >= 11 is 0. The van der Waals surface area contributed by atoms with Gasteiger partial charge in [0.05, 0.1) is 6.42 Å². The zero-order chi connectivity index (χ0) is 13.0. The number of nitriles is 2. The van der Waals surface area contributed by atoms with Crippen molar-refractivity contribution in [3.05, 3.63) is 41.1 Å². The van der Waals surface area contributed by atoms with Crippen LogP contribution in [0.2, 0.25) is 0 Å². The lowest BCUT2D eigenvalue weighted by Crippen LogP contribution is -2.30. The highest BCUT2D eigenvalue weighted by molar-refractivity contribution is 5.82. The van der Waals surface area contributed by atoms with Gasteiger partial charge in [-0.2, -0.15) is 10.5 Å². The van der Waals surface area contributed by atoms with Gasteiger partial charge in [-0.05, 0) is 17.2 Å². The van der Waals surface area contributed by atoms with Gasteiger partial charge in [0, 0.05) is 18.4 Å². The minimum Gasteiger partial charge on any atom is -0.360 e. The van der Waals surface area contributed by atoms with Crippen LogP contribution in [0.15, 0.2) is 30.0 Å². The topological polar surface area (TPSA) is 88.7 Å². The molecule has 1 aliphatic heterocycles. The minimum absolute atomic E-state index is 0.00457. The van der Waals surface area contributed by atoms with E-state index >= 15 is 0 Å². The van der Waals surface area contributed by atoms with Gasteiger partial charge in [0.25, 0.3) is 0 Å². The summed E-state index contributed by atoms with van der Waals surface area (Å²) < 4.78 is 0. The third-order valence-electron chi connectivity index (χ3n) is 2.70. The Bertz CT molecular complexity index is 588. The number of allylic oxidation sites excluding steroid dienone is 1. The second-order valence-electron chi connectivity index (χ2n) is 3.82. The van der Waals surface area contributed by atoms with Crippen LogP contribution in [0.25, 0.3) is 0 Å². The van der Waals surface area contributed by atoms with Crippen LogP contribution in [0.1, 0.15) is 11.1 Å². The fourth-order valence-corrected chi connectivity index (χ4v) is 1.81. The van der Waals surface area contributed by atoms with Crippen LogP contribution in [0.3, 0.4) is 0 Å². The van der Waals surface area contributed by atoms with Crippen molar-refractivity contribution >= 4 is 11.6 Å². The van der Waals surface area contributed by atoms with Gasteiger partial charge in [0.15, 0.2) is 0 Å². The van der Waals surface area contributed by atoms with Crippen molar-refractivity contribution in [2.45, 2.75) is 13.0 Å². The molecule has 2 N–H and O–H groups in total. The molecular weight excluding hydrogens is 228 g/mol. The van der Waals surface area contributed by atoms with Gasteiger partial charge in [0.2, 0.25) is 5.91 Å². The molecule has 0 saturated heterocycles. The molecule has 1 aromatic carbocycles. The summed E-state index contributed by atoms with van der Waals surface area (Å²) in [4.78, 5) is 11.3. The summed E-state index contributed by atoms with van der Waals surface area (Å²) in [5, 5.41) is 23.0. The number of carbonyl (C=O) groups is 1. The first-order valence-electron chi connectivity index (χ1n) is 5.39. The lowest BCUT2D eigenvalue weighted by atomic mass is 9.99. The van der Waals surface area contributed by atoms with Gasteiger partial charge in [0.1, 0.15) is 17.7 Å². The molecule has 0 radical (unpaired) electrons. The van der Waals surface area contributed by atoms with Gasteiger partial charge in [-0.25, -0.2) is 0 Å². The molecule has 1 amide bonds. The Labute approximate surface area is 104 Å². The molecule has 2 rings (SSSR count). The Kier molecular flexibility index (Phi) is 3.26. The Morgan fingerprint density at radius 2 is 2.17 bits per heavy atom. The van der Waals surface area contributed by atoms with E-state index in [9.17, 15) is 4.79 Å². The first-order chi connectivity index (χ1) is 8.74. The summed E-state index contributed by atoms with van der Waals surface area (Å²) in [6.45, 7) is 0.458. The monoisotopic (exact) mass is 238 g/mol. The number of hydrogen-bond donors (Lipinski definition) is 2. The molecule has 1 aliphatic rings. The standard InChI is InChI=1S/C13H10N4O/c14-5-9(6-15)7-16-12-3-1-2-10-4-13(18)17-8-11(10)12/h1-3,7,16H,4,8H2,(H,17,18). The highest BCUT2D eigenvalue weighted by Gasteiger charge is 2.16. The van der Waals surface area contributed by atoms with E-state index < -0.39 is 0 Å². The molecular formula is C13H10N4O. The molecule has 0 aromatic heterocycles. The number of anilines is 1. The zero-order valence-corrected chi connectivity index (χ0v) is 9.53. The number of nitrogens with zero attached hydrogens (tertiary/aromatic N) is 2. The van der Waals surface area contributed by atoms with Crippen LogP contribution in [0.4, 0.5) is 5.69 Å². The summed E-state index contributed by atoms with van der Waals surface area (Å²) in [7, 11) is 0. The smallest absolute Gasteiger partial charge is 0.224 e. The van der Waals surface area contributed by atoms with Crippen LogP contribution >= 0.6 is 0 Å². The van der Waals surface area contributed by atoms with Crippen molar-refractivity contribution in [3.8, 4) is 12.1 Å². The SMILES string of the molecule is N#CC(C#N)=CNc1cccc2c1CNC(=O)C2. The van der Waals surface area contributed by atoms with E-state index in [4.69, 9.17) is 10.5 Å². The van der Waals surface area contributed by atoms with Crippen molar-refractivity contribution < 1.29 is 4.79 Å². The van der Waals surface area contributed by atoms with Gasteiger partial charge in [-0.1, -0.05) is 12.1 Å². The van der Waals surface area contributed by atoms with Crippen LogP contribution in [0, 0.1) is 22.7 Å². The third-order valence-corrected chi connectivity index (χ3v) is 2.70. The van der Waals surface area contributed by atoms with Crippen LogP contribution in [0.5, 0.6) is 0 Å². The third kappa shape index (κ3) is 2.31. The maximum Gasteiger partial charge on any atom is 0.224 e. The van der Waals surface area contributed by atoms with Crippen LogP contribution < -0.4 is 10.6 Å². The van der Waals surface area contributed by atoms with Gasteiger partial charge in [-0.15, -0.1) is 0 Å². The van der Waals surface area contributed by atoms with Crippen molar-refractivity contribution in [2.24, 2.45) is 0 Å². The second-order valence-corrected chi connectivity index (χ2v) is 3.82. The van der Waals surface area contributed by atoms with Crippen LogP contribution in [-0.2, 0) is 17.8 Å². The maximum atomic E-state index is 11.3. The van der Waals surface area contributed by atoms with E-state index in [0.29, 0.717) is 13.0 Å². The quantitative estimate of drug-likeness (QED) is 0.758. The molecule has 0 spiro atoms. The summed E-state index contributed by atoms with van der Waals surface area (Å²) in [5.74, 6) is 0.00457. The lowest BCUT2D eigenvalue weighted by Gasteiger charge is -2.19. The van der Waals surface area contributed by atoms with E-state index in [0.717, 1.165) is 16.8 Å². The fraction of sp³-hybridized carbons (Fsp3) is 0.154. The fourth-order valence-electron chi connectivity index (χ4n) is 1.81. The van der Waals surface area contributed by atoms with Gasteiger partial charge >= 0.3 is 0 Å². The molecule has 0 bridgehead atoms. The first kappa shape index (κ1) is 11.7. The molecule has 5 nitrogen and oxygen atoms in total. The van der Waals surface area contributed by atoms with Crippen molar-refractivity contribution in [2.75, 3.05) is 5.32 Å². The predicted octanol–water partition coefficient (Wildman–Crippen LogP) is 1.20. The highest BCUT2D eigenvalue weighted by Crippen LogP contribution is 2.23. The number of hydrogen-bond acceptors (Lipinski definition) is 4. The normalized spacial score (nSPS) is 12.4. The summed E-state index contributed by atoms with van der Waals surface area (Å²) in [6.07, 6.45) is 1.73. The average Bonchev–Trinajstić information content (AvgIpc) is 2.39. The van der Waals surface area contributed by atoms with Crippen LogP contribution in [-0.4, -0.2) is 5.91 Å². The largest absolute Gasteiger partial charge is 0.360 e. The van der Waals surface area contributed by atoms with E-state index in [1.54, 1.807) is 12.1 Å². The Morgan fingerprint density at radius 1 is 1.39 bits per heavy atom. The van der Waals surface area contributed by atoms with Crippen molar-refractivity contribution in [1.82, 2.24) is 5.32 Å². The summed E-state index contributed by atoms with van der Waals surface area (Å²) in [5.41, 5.74) is 2.76. The molecule has 0 atom stereocenters. The summed E-state index contributed by atoms with van der Waals surface area (Å²) in [6, 6.07) is 9.14. The maximum absolute atomic E-state index is 11.3. The molecule has 1 aromatic rings. The Hall–Kier alpha value is -2.79. The zero-order valence-electron chi connectivity index (χ0n) is 9.53. The van der Waals surface area contributed by atoms with E-state index in [1.807, 2.05) is 18.2 Å². The van der Waals surface area contributed by atoms with Crippen molar-refractivity contribution in [1.29, 1.82) is 10.5 Å². The van der Waals surface area contributed by atoms with E-state index in [2.05, 4.69) is 10.6 Å². The molecule has 88 valence electrons. The molecule has 1 heterocycles. The predicted molar refractivity (Wildman–Crippen MR) is 64.9 cm³/mol. The first-order valence-corrected chi connectivity index (χ1v) is 5.39. The molecule has 0 saturated carbocycles. The van der Waals surface area contributed by atoms with Gasteiger partial charge < -0.3 is 10.6 Å². The molecule has 0 fully saturated rings. The lowest BCUT2D eigenvalue weighted by molar-refractivity contribution is -0.121. The Balaban J connectivity index is 2.29. The number of fused-ring (bicyclic) bond motifs is 1. The van der Waals surface area contributed by atoms with E-state index in [-0.39, 0.29) is 11.5 Å². The Morgan fingerprint density at radius 3 is 2.89 bits per heavy atom. The molecule has 18 heavy (non-hydrogen) atoms. The number of amides is 1. The number of carbonyl (C=O) groups excluding carboxylic acids is 1. The molecule has 0 unspecified atom stereocenters. The van der Waals surface area contributed by atoms with E-state index in [1.165, 1.54) is 6.20 Å². The van der Waals surface area contributed by atoms with Crippen molar-refractivity contribution in [3.63, 3.8) is 0 Å². The molecule has 0 aliphatic carbocycles. The number of nitrogens with one attached hydrogen (secondary N) is 2. The number of benzene rings is 1. The highest BCUT2D eigenvalue weighted by atomic mass is 16.1. The average molecular weight is 238 g/mol. The minimum atomic E-state index is 0.00457.